The normalized spacial score (nSPS) is 17.0. The summed E-state index contributed by atoms with van der Waals surface area (Å²) < 4.78 is 18.0. The number of benzene rings is 3. The number of nitrogens with one attached hydrogen (secondary N) is 2. The van der Waals surface area contributed by atoms with E-state index in [0.29, 0.717) is 36.0 Å². The monoisotopic (exact) mass is 714 g/mol. The molecule has 224 valence electrons. The maximum absolute atomic E-state index is 13.5. The van der Waals surface area contributed by atoms with Crippen molar-refractivity contribution in [1.82, 2.24) is 20.1 Å². The summed E-state index contributed by atoms with van der Waals surface area (Å²) in [6.45, 7) is 4.98. The number of morpholine rings is 1. The molecule has 0 aliphatic carbocycles. The minimum absolute atomic E-state index is 0.0761. The molecule has 4 aromatic rings. The minimum atomic E-state index is -0.428. The van der Waals surface area contributed by atoms with Gasteiger partial charge in [-0.15, -0.1) is 0 Å². The average molecular weight is 715 g/mol. The lowest BCUT2D eigenvalue weighted by Crippen LogP contribution is -2.42. The van der Waals surface area contributed by atoms with Gasteiger partial charge in [0.25, 0.3) is 5.91 Å². The van der Waals surface area contributed by atoms with Crippen LogP contribution in [0.1, 0.15) is 22.9 Å². The van der Waals surface area contributed by atoms with Crippen LogP contribution >= 0.6 is 34.2 Å². The third-order valence-corrected chi connectivity index (χ3v) is 8.72. The molecular formula is C32H32ClIN4O5. The van der Waals surface area contributed by atoms with Crippen LogP contribution in [0, 0.1) is 3.57 Å². The number of ether oxygens (including phenoxy) is 3. The highest BCUT2D eigenvalue weighted by molar-refractivity contribution is 14.1. The molecule has 1 atom stereocenters. The summed E-state index contributed by atoms with van der Waals surface area (Å²) in [7, 11) is 0. The highest BCUT2D eigenvalue weighted by Gasteiger charge is 2.35. The van der Waals surface area contributed by atoms with Crippen molar-refractivity contribution in [3.05, 3.63) is 92.1 Å². The fourth-order valence-corrected chi connectivity index (χ4v) is 6.12. The molecule has 1 aromatic heterocycles. The molecule has 2 aliphatic rings. The zero-order chi connectivity index (χ0) is 29.8. The SMILES string of the molecule is O=C(COc1ccc(C2c3[nH]c4ccc(Cl)cc4c3CCN2C(=O)Oc2ccc(I)cc2)cc1)NCCN1CCOCC1. The summed E-state index contributed by atoms with van der Waals surface area (Å²) in [5.41, 5.74) is 3.92. The number of rotatable bonds is 8. The summed E-state index contributed by atoms with van der Waals surface area (Å²) in [4.78, 5) is 33.4. The van der Waals surface area contributed by atoms with Crippen LogP contribution in [0.3, 0.4) is 0 Å². The lowest BCUT2D eigenvalue weighted by molar-refractivity contribution is -0.123. The van der Waals surface area contributed by atoms with Crippen LogP contribution in [0.5, 0.6) is 11.5 Å². The molecule has 2 amide bonds. The molecule has 11 heteroatoms. The average Bonchev–Trinajstić information content (AvgIpc) is 3.39. The van der Waals surface area contributed by atoms with Crippen LogP contribution in [0.25, 0.3) is 10.9 Å². The van der Waals surface area contributed by atoms with Crippen molar-refractivity contribution in [3.8, 4) is 11.5 Å². The summed E-state index contributed by atoms with van der Waals surface area (Å²) >= 11 is 8.55. The van der Waals surface area contributed by atoms with E-state index in [1.165, 1.54) is 0 Å². The smallest absolute Gasteiger partial charge is 0.416 e. The largest absolute Gasteiger partial charge is 0.484 e. The Kier molecular flexibility index (Phi) is 9.37. The lowest BCUT2D eigenvalue weighted by atomic mass is 9.92. The zero-order valence-corrected chi connectivity index (χ0v) is 26.4. The number of H-pyrrole nitrogens is 1. The Balaban J connectivity index is 1.17. The highest BCUT2D eigenvalue weighted by atomic mass is 127. The van der Waals surface area contributed by atoms with Crippen molar-refractivity contribution in [3.63, 3.8) is 0 Å². The molecule has 0 radical (unpaired) electrons. The first kappa shape index (κ1) is 29.7. The summed E-state index contributed by atoms with van der Waals surface area (Å²) in [5, 5.41) is 4.63. The second kappa shape index (κ2) is 13.5. The van der Waals surface area contributed by atoms with E-state index in [9.17, 15) is 9.59 Å². The second-order valence-corrected chi connectivity index (χ2v) is 12.2. The molecule has 0 spiro atoms. The van der Waals surface area contributed by atoms with Crippen LogP contribution in [-0.4, -0.2) is 79.3 Å². The number of carbonyl (C=O) groups is 2. The van der Waals surface area contributed by atoms with Gasteiger partial charge in [0.05, 0.1) is 13.2 Å². The van der Waals surface area contributed by atoms with Gasteiger partial charge in [-0.2, -0.15) is 0 Å². The van der Waals surface area contributed by atoms with Gasteiger partial charge in [-0.25, -0.2) is 4.79 Å². The van der Waals surface area contributed by atoms with Gasteiger partial charge in [0, 0.05) is 57.9 Å². The van der Waals surface area contributed by atoms with Gasteiger partial charge in [-0.05, 0) is 94.7 Å². The fraction of sp³-hybridized carbons (Fsp3) is 0.312. The summed E-state index contributed by atoms with van der Waals surface area (Å²) in [6, 6.07) is 20.3. The Morgan fingerprint density at radius 1 is 1.00 bits per heavy atom. The van der Waals surface area contributed by atoms with Gasteiger partial charge >= 0.3 is 6.09 Å². The maximum Gasteiger partial charge on any atom is 0.416 e. The molecule has 43 heavy (non-hydrogen) atoms. The fourth-order valence-electron chi connectivity index (χ4n) is 5.59. The predicted molar refractivity (Wildman–Crippen MR) is 173 cm³/mol. The molecule has 1 fully saturated rings. The molecule has 0 saturated carbocycles. The van der Waals surface area contributed by atoms with Gasteiger partial charge < -0.3 is 24.5 Å². The van der Waals surface area contributed by atoms with Gasteiger partial charge in [0.1, 0.15) is 17.5 Å². The molecule has 1 saturated heterocycles. The number of halogens is 2. The number of fused-ring (bicyclic) bond motifs is 3. The molecule has 0 bridgehead atoms. The Bertz CT molecular complexity index is 1590. The van der Waals surface area contributed by atoms with Crippen molar-refractivity contribution in [2.75, 3.05) is 52.5 Å². The molecular weight excluding hydrogens is 683 g/mol. The molecule has 9 nitrogen and oxygen atoms in total. The van der Waals surface area contributed by atoms with Crippen LogP contribution in [0.4, 0.5) is 4.79 Å². The van der Waals surface area contributed by atoms with E-state index in [1.54, 1.807) is 17.0 Å². The number of hydrogen-bond donors (Lipinski definition) is 2. The van der Waals surface area contributed by atoms with Gasteiger partial charge in [-0.1, -0.05) is 23.7 Å². The van der Waals surface area contributed by atoms with Crippen molar-refractivity contribution < 1.29 is 23.8 Å². The zero-order valence-electron chi connectivity index (χ0n) is 23.5. The van der Waals surface area contributed by atoms with E-state index in [-0.39, 0.29) is 12.5 Å². The van der Waals surface area contributed by atoms with E-state index < -0.39 is 12.1 Å². The van der Waals surface area contributed by atoms with Gasteiger partial charge in [0.2, 0.25) is 0 Å². The van der Waals surface area contributed by atoms with E-state index in [2.05, 4.69) is 37.8 Å². The quantitative estimate of drug-likeness (QED) is 0.238. The maximum atomic E-state index is 13.5. The molecule has 3 aromatic carbocycles. The first-order chi connectivity index (χ1) is 20.9. The van der Waals surface area contributed by atoms with Crippen molar-refractivity contribution in [2.24, 2.45) is 0 Å². The summed E-state index contributed by atoms with van der Waals surface area (Å²) in [5.74, 6) is 0.889. The number of carbonyl (C=O) groups excluding carboxylic acids is 2. The van der Waals surface area contributed by atoms with E-state index in [4.69, 9.17) is 25.8 Å². The molecule has 3 heterocycles. The first-order valence-corrected chi connectivity index (χ1v) is 15.7. The van der Waals surface area contributed by atoms with Crippen LogP contribution in [-0.2, 0) is 16.0 Å². The highest BCUT2D eigenvalue weighted by Crippen LogP contribution is 2.40. The Morgan fingerprint density at radius 2 is 1.74 bits per heavy atom. The van der Waals surface area contributed by atoms with Crippen LogP contribution < -0.4 is 14.8 Å². The predicted octanol–water partition coefficient (Wildman–Crippen LogP) is 5.40. The number of nitrogens with zero attached hydrogens (tertiary/aromatic N) is 2. The number of aromatic nitrogens is 1. The minimum Gasteiger partial charge on any atom is -0.484 e. The second-order valence-electron chi connectivity index (χ2n) is 10.5. The molecule has 2 N–H and O–H groups in total. The Morgan fingerprint density at radius 3 is 2.51 bits per heavy atom. The third kappa shape index (κ3) is 7.09. The van der Waals surface area contributed by atoms with Crippen molar-refractivity contribution >= 4 is 57.1 Å². The standard InChI is InChI=1S/C32H32ClIN4O5/c33-22-3-10-28-27(19-22)26-11-13-38(32(40)43-25-8-4-23(34)5-9-25)31(30(26)36-28)21-1-6-24(7-2-21)42-20-29(39)35-12-14-37-15-17-41-18-16-37/h1-10,19,31,36H,11-18,20H2,(H,35,39). The Hall–Kier alpha value is -3.32. The van der Waals surface area contributed by atoms with Crippen LogP contribution in [0.2, 0.25) is 5.02 Å². The topological polar surface area (TPSA) is 96.1 Å². The van der Waals surface area contributed by atoms with E-state index in [0.717, 1.165) is 64.1 Å². The van der Waals surface area contributed by atoms with Crippen molar-refractivity contribution in [2.45, 2.75) is 12.5 Å². The number of hydrogen-bond acceptors (Lipinski definition) is 6. The molecule has 2 aliphatic heterocycles. The van der Waals surface area contributed by atoms with Crippen LogP contribution in [0.15, 0.2) is 66.7 Å². The Labute approximate surface area is 268 Å². The lowest BCUT2D eigenvalue weighted by Gasteiger charge is -2.35. The van der Waals surface area contributed by atoms with Crippen molar-refractivity contribution in [1.29, 1.82) is 0 Å². The van der Waals surface area contributed by atoms with E-state index >= 15 is 0 Å². The molecule has 1 unspecified atom stereocenters. The number of aromatic amines is 1. The summed E-state index contributed by atoms with van der Waals surface area (Å²) in [6.07, 6.45) is 0.234. The number of amides is 2. The van der Waals surface area contributed by atoms with E-state index in [1.807, 2.05) is 54.6 Å². The van der Waals surface area contributed by atoms with Gasteiger partial charge in [-0.3, -0.25) is 14.6 Å². The molecule has 6 rings (SSSR count). The third-order valence-electron chi connectivity index (χ3n) is 7.76. The van der Waals surface area contributed by atoms with Gasteiger partial charge in [0.15, 0.2) is 6.61 Å². The first-order valence-electron chi connectivity index (χ1n) is 14.3.